The van der Waals surface area contributed by atoms with E-state index in [-0.39, 0.29) is 11.3 Å². The van der Waals surface area contributed by atoms with Gasteiger partial charge in [-0.25, -0.2) is 0 Å². The lowest BCUT2D eigenvalue weighted by Crippen LogP contribution is -2.43. The van der Waals surface area contributed by atoms with Gasteiger partial charge >= 0.3 is 0 Å². The lowest BCUT2D eigenvalue weighted by atomic mass is 9.99. The average Bonchev–Trinajstić information content (AvgIpc) is 2.61. The van der Waals surface area contributed by atoms with Crippen LogP contribution < -0.4 is 0 Å². The van der Waals surface area contributed by atoms with Gasteiger partial charge in [-0.15, -0.1) is 11.6 Å². The molecule has 1 fully saturated rings. The summed E-state index contributed by atoms with van der Waals surface area (Å²) in [5, 5.41) is 0.186. The van der Waals surface area contributed by atoms with Gasteiger partial charge in [0, 0.05) is 18.5 Å². The van der Waals surface area contributed by atoms with Crippen molar-refractivity contribution in [3.63, 3.8) is 0 Å². The first-order chi connectivity index (χ1) is 7.99. The van der Waals surface area contributed by atoms with Crippen LogP contribution in [0.2, 0.25) is 0 Å². The highest BCUT2D eigenvalue weighted by Gasteiger charge is 2.29. The molecule has 94 valence electrons. The molecule has 2 rings (SSSR count). The van der Waals surface area contributed by atoms with E-state index in [2.05, 4.69) is 6.92 Å². The van der Waals surface area contributed by atoms with E-state index in [4.69, 9.17) is 16.0 Å². The molecule has 0 radical (unpaired) electrons. The van der Waals surface area contributed by atoms with Crippen LogP contribution in [0.3, 0.4) is 0 Å². The van der Waals surface area contributed by atoms with Crippen LogP contribution in [0, 0.1) is 19.8 Å². The van der Waals surface area contributed by atoms with E-state index < -0.39 is 0 Å². The first kappa shape index (κ1) is 12.5. The number of likely N-dealkylation sites (tertiary alicyclic amines) is 1. The minimum Gasteiger partial charge on any atom is -0.466 e. The first-order valence-corrected chi connectivity index (χ1v) is 6.43. The normalized spacial score (nSPS) is 25.1. The summed E-state index contributed by atoms with van der Waals surface area (Å²) in [7, 11) is 0. The van der Waals surface area contributed by atoms with E-state index in [0.29, 0.717) is 17.2 Å². The van der Waals surface area contributed by atoms with E-state index in [1.807, 2.05) is 24.8 Å². The minimum absolute atomic E-state index is 0.0646. The van der Waals surface area contributed by atoms with Gasteiger partial charge in [0.1, 0.15) is 11.5 Å². The number of aryl methyl sites for hydroxylation is 2. The van der Waals surface area contributed by atoms with Crippen LogP contribution in [0.5, 0.6) is 0 Å². The molecule has 0 bridgehead atoms. The third kappa shape index (κ3) is 2.49. The van der Waals surface area contributed by atoms with E-state index in [1.54, 1.807) is 0 Å². The fourth-order valence-electron chi connectivity index (χ4n) is 2.31. The fourth-order valence-corrected chi connectivity index (χ4v) is 2.49. The Morgan fingerprint density at radius 1 is 1.53 bits per heavy atom. The zero-order valence-corrected chi connectivity index (χ0v) is 11.3. The smallest absolute Gasteiger partial charge is 0.257 e. The number of alkyl halides is 1. The second-order valence-corrected chi connectivity index (χ2v) is 5.42. The SMILES string of the molecule is Cc1cc(C(=O)N2CCC(Cl)C(C)C2)c(C)o1. The molecule has 4 heteroatoms. The van der Waals surface area contributed by atoms with Gasteiger partial charge in [0.05, 0.1) is 5.56 Å². The molecule has 0 aromatic carbocycles. The summed E-state index contributed by atoms with van der Waals surface area (Å²) >= 11 is 6.16. The van der Waals surface area contributed by atoms with Crippen molar-refractivity contribution in [2.45, 2.75) is 32.6 Å². The highest BCUT2D eigenvalue weighted by Crippen LogP contribution is 2.24. The Balaban J connectivity index is 2.13. The molecule has 0 aliphatic carbocycles. The van der Waals surface area contributed by atoms with Gasteiger partial charge in [0.2, 0.25) is 0 Å². The second-order valence-electron chi connectivity index (χ2n) is 4.86. The molecule has 1 aromatic rings. The Bertz CT molecular complexity index is 427. The van der Waals surface area contributed by atoms with Crippen molar-refractivity contribution in [3.8, 4) is 0 Å². The Morgan fingerprint density at radius 3 is 2.76 bits per heavy atom. The van der Waals surface area contributed by atoms with E-state index in [1.165, 1.54) is 0 Å². The van der Waals surface area contributed by atoms with Crippen LogP contribution in [-0.2, 0) is 0 Å². The van der Waals surface area contributed by atoms with E-state index >= 15 is 0 Å². The maximum atomic E-state index is 12.3. The number of hydrogen-bond acceptors (Lipinski definition) is 2. The molecule has 0 spiro atoms. The number of piperidine rings is 1. The summed E-state index contributed by atoms with van der Waals surface area (Å²) in [4.78, 5) is 14.2. The summed E-state index contributed by atoms with van der Waals surface area (Å²) in [6.45, 7) is 7.25. The van der Waals surface area contributed by atoms with Crippen molar-refractivity contribution in [2.75, 3.05) is 13.1 Å². The molecule has 2 unspecified atom stereocenters. The molecule has 1 aliphatic rings. The summed E-state index contributed by atoms with van der Waals surface area (Å²) in [6.07, 6.45) is 0.865. The van der Waals surface area contributed by atoms with Gasteiger partial charge in [0.25, 0.3) is 5.91 Å². The molecule has 0 saturated carbocycles. The van der Waals surface area contributed by atoms with Gasteiger partial charge in [-0.1, -0.05) is 6.92 Å². The first-order valence-electron chi connectivity index (χ1n) is 5.99. The van der Waals surface area contributed by atoms with Crippen molar-refractivity contribution in [1.82, 2.24) is 4.90 Å². The maximum Gasteiger partial charge on any atom is 0.257 e. The highest BCUT2D eigenvalue weighted by atomic mass is 35.5. The van der Waals surface area contributed by atoms with E-state index in [0.717, 1.165) is 25.3 Å². The van der Waals surface area contributed by atoms with Gasteiger partial charge in [-0.3, -0.25) is 4.79 Å². The van der Waals surface area contributed by atoms with Crippen molar-refractivity contribution in [1.29, 1.82) is 0 Å². The lowest BCUT2D eigenvalue weighted by Gasteiger charge is -2.34. The number of hydrogen-bond donors (Lipinski definition) is 0. The van der Waals surface area contributed by atoms with Gasteiger partial charge in [-0.2, -0.15) is 0 Å². The molecule has 17 heavy (non-hydrogen) atoms. The summed E-state index contributed by atoms with van der Waals surface area (Å²) in [5.41, 5.74) is 0.683. The number of furan rings is 1. The third-order valence-electron chi connectivity index (χ3n) is 3.36. The molecule has 1 amide bonds. The molecule has 1 saturated heterocycles. The maximum absolute atomic E-state index is 12.3. The largest absolute Gasteiger partial charge is 0.466 e. The Hall–Kier alpha value is -0.960. The molecule has 2 heterocycles. The minimum atomic E-state index is 0.0646. The third-order valence-corrected chi connectivity index (χ3v) is 4.01. The van der Waals surface area contributed by atoms with Crippen LogP contribution in [0.1, 0.15) is 35.2 Å². The molecule has 1 aromatic heterocycles. The number of carbonyl (C=O) groups is 1. The predicted molar refractivity (Wildman–Crippen MR) is 67.5 cm³/mol. The topological polar surface area (TPSA) is 33.5 Å². The van der Waals surface area contributed by atoms with Crippen molar-refractivity contribution in [2.24, 2.45) is 5.92 Å². The summed E-state index contributed by atoms with van der Waals surface area (Å²) < 4.78 is 5.40. The van der Waals surface area contributed by atoms with Crippen LogP contribution in [0.4, 0.5) is 0 Å². The van der Waals surface area contributed by atoms with E-state index in [9.17, 15) is 4.79 Å². The van der Waals surface area contributed by atoms with Crippen molar-refractivity contribution in [3.05, 3.63) is 23.2 Å². The average molecular weight is 256 g/mol. The standard InChI is InChI=1S/C13H18ClNO2/c1-8-7-15(5-4-12(8)14)13(16)11-6-9(2)17-10(11)3/h6,8,12H,4-5,7H2,1-3H3. The number of nitrogens with zero attached hydrogens (tertiary/aromatic N) is 1. The zero-order valence-electron chi connectivity index (χ0n) is 10.5. The van der Waals surface area contributed by atoms with Crippen LogP contribution in [0.15, 0.2) is 10.5 Å². The number of amides is 1. The van der Waals surface area contributed by atoms with Crippen molar-refractivity contribution >= 4 is 17.5 Å². The molecular weight excluding hydrogens is 238 g/mol. The fraction of sp³-hybridized carbons (Fsp3) is 0.615. The molecular formula is C13H18ClNO2. The van der Waals surface area contributed by atoms with Crippen LogP contribution in [-0.4, -0.2) is 29.3 Å². The zero-order chi connectivity index (χ0) is 12.6. The number of carbonyl (C=O) groups excluding carboxylic acids is 1. The Morgan fingerprint density at radius 2 is 2.24 bits per heavy atom. The van der Waals surface area contributed by atoms with Gasteiger partial charge in [-0.05, 0) is 32.3 Å². The highest BCUT2D eigenvalue weighted by molar-refractivity contribution is 6.20. The van der Waals surface area contributed by atoms with Gasteiger partial charge in [0.15, 0.2) is 0 Å². The number of rotatable bonds is 1. The monoisotopic (exact) mass is 255 g/mol. The Labute approximate surface area is 107 Å². The van der Waals surface area contributed by atoms with Crippen molar-refractivity contribution < 1.29 is 9.21 Å². The number of halogens is 1. The Kier molecular flexibility index (Phi) is 3.48. The lowest BCUT2D eigenvalue weighted by molar-refractivity contribution is 0.0685. The molecule has 1 aliphatic heterocycles. The quantitative estimate of drug-likeness (QED) is 0.723. The molecule has 0 N–H and O–H groups in total. The second kappa shape index (κ2) is 4.73. The predicted octanol–water partition coefficient (Wildman–Crippen LogP) is 2.99. The van der Waals surface area contributed by atoms with Crippen LogP contribution >= 0.6 is 11.6 Å². The van der Waals surface area contributed by atoms with Crippen LogP contribution in [0.25, 0.3) is 0 Å². The molecule has 2 atom stereocenters. The molecule has 3 nitrogen and oxygen atoms in total. The van der Waals surface area contributed by atoms with Gasteiger partial charge < -0.3 is 9.32 Å². The summed E-state index contributed by atoms with van der Waals surface area (Å²) in [6, 6.07) is 1.81. The summed E-state index contributed by atoms with van der Waals surface area (Å²) in [5.74, 6) is 1.90.